The predicted octanol–water partition coefficient (Wildman–Crippen LogP) is 2.91. The van der Waals surface area contributed by atoms with Gasteiger partial charge in [-0.3, -0.25) is 9.78 Å². The lowest BCUT2D eigenvalue weighted by Gasteiger charge is -1.97. The summed E-state index contributed by atoms with van der Waals surface area (Å²) in [6.07, 6.45) is 0.826. The molecular formula is C16H13NO. The maximum absolute atomic E-state index is 10.5. The van der Waals surface area contributed by atoms with E-state index in [0.29, 0.717) is 5.56 Å². The third-order valence-corrected chi connectivity index (χ3v) is 2.48. The van der Waals surface area contributed by atoms with Crippen LogP contribution in [-0.4, -0.2) is 11.3 Å². The maximum Gasteiger partial charge on any atom is 0.150 e. The van der Waals surface area contributed by atoms with Crippen LogP contribution in [0.4, 0.5) is 0 Å². The van der Waals surface area contributed by atoms with E-state index >= 15 is 0 Å². The second kappa shape index (κ2) is 5.29. The Morgan fingerprint density at radius 3 is 2.06 bits per heavy atom. The molecule has 0 radical (unpaired) electrons. The number of hydrogen-bond acceptors (Lipinski definition) is 2. The molecule has 2 aromatic rings. The quantitative estimate of drug-likeness (QED) is 0.562. The van der Waals surface area contributed by atoms with Crippen molar-refractivity contribution in [2.75, 3.05) is 0 Å². The fourth-order valence-corrected chi connectivity index (χ4v) is 1.70. The second-order valence-corrected chi connectivity index (χ2v) is 4.13. The van der Waals surface area contributed by atoms with Gasteiger partial charge in [-0.25, -0.2) is 0 Å². The monoisotopic (exact) mass is 235 g/mol. The summed E-state index contributed by atoms with van der Waals surface area (Å²) in [6, 6.07) is 11.1. The van der Waals surface area contributed by atoms with Gasteiger partial charge in [0.15, 0.2) is 0 Å². The van der Waals surface area contributed by atoms with E-state index < -0.39 is 0 Å². The molecule has 2 nitrogen and oxygen atoms in total. The van der Waals surface area contributed by atoms with E-state index in [-0.39, 0.29) is 0 Å². The first-order valence-corrected chi connectivity index (χ1v) is 5.70. The van der Waals surface area contributed by atoms with Gasteiger partial charge in [0, 0.05) is 28.1 Å². The minimum absolute atomic E-state index is 0.663. The first kappa shape index (κ1) is 12.1. The van der Waals surface area contributed by atoms with Crippen LogP contribution < -0.4 is 0 Å². The summed E-state index contributed by atoms with van der Waals surface area (Å²) in [7, 11) is 0. The number of carbonyl (C=O) groups excluding carboxylic acids is 1. The van der Waals surface area contributed by atoms with E-state index in [1.165, 1.54) is 0 Å². The summed E-state index contributed by atoms with van der Waals surface area (Å²) < 4.78 is 0. The Morgan fingerprint density at radius 2 is 1.50 bits per heavy atom. The number of aromatic nitrogens is 1. The maximum atomic E-state index is 10.5. The lowest BCUT2D eigenvalue weighted by atomic mass is 10.1. The van der Waals surface area contributed by atoms with Crippen LogP contribution >= 0.6 is 0 Å². The molecule has 0 aliphatic carbocycles. The van der Waals surface area contributed by atoms with Crippen LogP contribution in [0.15, 0.2) is 36.4 Å². The predicted molar refractivity (Wildman–Crippen MR) is 71.5 cm³/mol. The molecule has 1 aromatic heterocycles. The van der Waals surface area contributed by atoms with Crippen LogP contribution in [0.25, 0.3) is 0 Å². The minimum atomic E-state index is 0.663. The largest absolute Gasteiger partial charge is 0.298 e. The van der Waals surface area contributed by atoms with Gasteiger partial charge < -0.3 is 0 Å². The summed E-state index contributed by atoms with van der Waals surface area (Å²) in [4.78, 5) is 14.8. The zero-order chi connectivity index (χ0) is 13.0. The van der Waals surface area contributed by atoms with Crippen LogP contribution in [0.5, 0.6) is 0 Å². The van der Waals surface area contributed by atoms with Gasteiger partial charge in [-0.05, 0) is 38.1 Å². The highest BCUT2D eigenvalue weighted by atomic mass is 16.1. The van der Waals surface area contributed by atoms with Gasteiger partial charge in [0.05, 0.1) is 0 Å². The third kappa shape index (κ3) is 3.05. The molecule has 0 N–H and O–H groups in total. The molecule has 18 heavy (non-hydrogen) atoms. The van der Waals surface area contributed by atoms with E-state index in [1.54, 1.807) is 12.1 Å². The molecule has 0 saturated heterocycles. The van der Waals surface area contributed by atoms with Gasteiger partial charge in [-0.1, -0.05) is 24.0 Å². The molecule has 2 rings (SSSR count). The van der Waals surface area contributed by atoms with Crippen LogP contribution in [0.1, 0.15) is 32.9 Å². The van der Waals surface area contributed by atoms with Gasteiger partial charge >= 0.3 is 0 Å². The topological polar surface area (TPSA) is 30.0 Å². The van der Waals surface area contributed by atoms with Crippen molar-refractivity contribution in [3.63, 3.8) is 0 Å². The highest BCUT2D eigenvalue weighted by Gasteiger charge is 1.93. The van der Waals surface area contributed by atoms with Crippen molar-refractivity contribution in [3.8, 4) is 11.8 Å². The van der Waals surface area contributed by atoms with Crippen molar-refractivity contribution < 1.29 is 4.79 Å². The molecule has 0 aliphatic rings. The molecule has 1 aromatic carbocycles. The molecule has 0 amide bonds. The molecule has 0 unspecified atom stereocenters. The molecule has 88 valence electrons. The first-order chi connectivity index (χ1) is 8.67. The standard InChI is InChI=1S/C16H13NO/c1-12-9-16(10-13(2)17-12)8-5-14-3-6-15(11-18)7-4-14/h3-4,6-7,9-11H,1-2H3. The Balaban J connectivity index is 2.27. The number of aldehydes is 1. The van der Waals surface area contributed by atoms with Gasteiger partial charge in [-0.2, -0.15) is 0 Å². The van der Waals surface area contributed by atoms with E-state index in [0.717, 1.165) is 28.8 Å². The number of hydrogen-bond donors (Lipinski definition) is 0. The van der Waals surface area contributed by atoms with Crippen LogP contribution in [0.2, 0.25) is 0 Å². The van der Waals surface area contributed by atoms with E-state index in [2.05, 4.69) is 16.8 Å². The van der Waals surface area contributed by atoms with Crippen molar-refractivity contribution in [1.29, 1.82) is 0 Å². The molecule has 0 spiro atoms. The van der Waals surface area contributed by atoms with Crippen molar-refractivity contribution in [2.45, 2.75) is 13.8 Å². The van der Waals surface area contributed by atoms with Crippen molar-refractivity contribution in [2.24, 2.45) is 0 Å². The Labute approximate surface area is 107 Å². The van der Waals surface area contributed by atoms with E-state index in [9.17, 15) is 4.79 Å². The van der Waals surface area contributed by atoms with Crippen molar-refractivity contribution in [3.05, 3.63) is 64.5 Å². The van der Waals surface area contributed by atoms with E-state index in [4.69, 9.17) is 0 Å². The molecule has 1 heterocycles. The number of rotatable bonds is 1. The van der Waals surface area contributed by atoms with Gasteiger partial charge in [-0.15, -0.1) is 0 Å². The number of nitrogens with zero attached hydrogens (tertiary/aromatic N) is 1. The summed E-state index contributed by atoms with van der Waals surface area (Å²) in [5, 5.41) is 0. The lowest BCUT2D eigenvalue weighted by Crippen LogP contribution is -1.87. The third-order valence-electron chi connectivity index (χ3n) is 2.48. The highest BCUT2D eigenvalue weighted by molar-refractivity contribution is 5.74. The first-order valence-electron chi connectivity index (χ1n) is 5.70. The SMILES string of the molecule is Cc1cc(C#Cc2ccc(C=O)cc2)cc(C)n1. The fourth-order valence-electron chi connectivity index (χ4n) is 1.70. The minimum Gasteiger partial charge on any atom is -0.298 e. The van der Waals surface area contributed by atoms with E-state index in [1.807, 2.05) is 38.1 Å². The van der Waals surface area contributed by atoms with Gasteiger partial charge in [0.25, 0.3) is 0 Å². The lowest BCUT2D eigenvalue weighted by molar-refractivity contribution is 0.112. The summed E-state index contributed by atoms with van der Waals surface area (Å²) >= 11 is 0. The average Bonchev–Trinajstić information content (AvgIpc) is 2.36. The normalized spacial score (nSPS) is 9.44. The summed E-state index contributed by atoms with van der Waals surface area (Å²) in [6.45, 7) is 3.91. The Hall–Kier alpha value is -2.40. The van der Waals surface area contributed by atoms with Crippen LogP contribution in [0.3, 0.4) is 0 Å². The molecule has 0 saturated carbocycles. The van der Waals surface area contributed by atoms with Gasteiger partial charge in [0.2, 0.25) is 0 Å². The van der Waals surface area contributed by atoms with Crippen molar-refractivity contribution in [1.82, 2.24) is 4.98 Å². The second-order valence-electron chi connectivity index (χ2n) is 4.13. The molecule has 2 heteroatoms. The highest BCUT2D eigenvalue weighted by Crippen LogP contribution is 2.05. The summed E-state index contributed by atoms with van der Waals surface area (Å²) in [5.41, 5.74) is 4.45. The Bertz CT molecular complexity index is 610. The van der Waals surface area contributed by atoms with Crippen molar-refractivity contribution >= 4 is 6.29 Å². The molecular weight excluding hydrogens is 222 g/mol. The number of aryl methyl sites for hydroxylation is 2. The number of pyridine rings is 1. The van der Waals surface area contributed by atoms with Crippen LogP contribution in [0, 0.1) is 25.7 Å². The molecule has 0 fully saturated rings. The van der Waals surface area contributed by atoms with Gasteiger partial charge in [0.1, 0.15) is 6.29 Å². The zero-order valence-corrected chi connectivity index (χ0v) is 10.4. The molecule has 0 bridgehead atoms. The number of benzene rings is 1. The fraction of sp³-hybridized carbons (Fsp3) is 0.125. The average molecular weight is 235 g/mol. The van der Waals surface area contributed by atoms with Crippen LogP contribution in [-0.2, 0) is 0 Å². The Kier molecular flexibility index (Phi) is 3.54. The Morgan fingerprint density at radius 1 is 0.944 bits per heavy atom. The zero-order valence-electron chi connectivity index (χ0n) is 10.4. The molecule has 0 aliphatic heterocycles. The smallest absolute Gasteiger partial charge is 0.150 e. The number of carbonyl (C=O) groups is 1. The summed E-state index contributed by atoms with van der Waals surface area (Å²) in [5.74, 6) is 6.17. The molecule has 0 atom stereocenters.